The normalized spacial score (nSPS) is 11.0. The molecule has 0 fully saturated rings. The van der Waals surface area contributed by atoms with Crippen molar-refractivity contribution >= 4 is 22.2 Å². The summed E-state index contributed by atoms with van der Waals surface area (Å²) in [6, 6.07) is 11.9. The van der Waals surface area contributed by atoms with E-state index in [4.69, 9.17) is 9.88 Å². The molecule has 0 unspecified atom stereocenters. The molecule has 0 saturated heterocycles. The number of hydrogen-bond donors (Lipinski definition) is 3. The number of hydrogen-bond acceptors (Lipinski definition) is 7. The lowest BCUT2D eigenvalue weighted by Gasteiger charge is -2.18. The average molecular weight is 393 g/mol. The first-order valence-corrected chi connectivity index (χ1v) is 9.99. The first-order chi connectivity index (χ1) is 13.0. The van der Waals surface area contributed by atoms with Gasteiger partial charge in [-0.1, -0.05) is 31.5 Å². The van der Waals surface area contributed by atoms with Gasteiger partial charge in [0, 0.05) is 6.54 Å². The van der Waals surface area contributed by atoms with Crippen LogP contribution in [0.3, 0.4) is 0 Å². The van der Waals surface area contributed by atoms with Crippen molar-refractivity contribution in [2.75, 3.05) is 11.9 Å². The Balaban J connectivity index is 2.48. The van der Waals surface area contributed by atoms with E-state index in [1.54, 1.807) is 30.3 Å². The number of carbonyl (C=O) groups excluding carboxylic acids is 1. The van der Waals surface area contributed by atoms with Crippen LogP contribution < -0.4 is 20.7 Å². The van der Waals surface area contributed by atoms with E-state index in [1.165, 1.54) is 6.07 Å². The van der Waals surface area contributed by atoms with E-state index in [0.29, 0.717) is 23.5 Å². The number of ether oxygens (including phenoxy) is 1. The zero-order valence-electron chi connectivity index (χ0n) is 15.0. The Morgan fingerprint density at radius 1 is 1.19 bits per heavy atom. The molecule has 2 aromatic carbocycles. The van der Waals surface area contributed by atoms with Crippen molar-refractivity contribution in [1.29, 1.82) is 0 Å². The summed E-state index contributed by atoms with van der Waals surface area (Å²) in [6.45, 7) is 3.03. The summed E-state index contributed by atoms with van der Waals surface area (Å²) in [4.78, 5) is 14.6. The van der Waals surface area contributed by atoms with E-state index in [0.717, 1.165) is 12.8 Å². The highest BCUT2D eigenvalue weighted by atomic mass is 32.2. The second kappa shape index (κ2) is 9.91. The molecule has 27 heavy (non-hydrogen) atoms. The summed E-state index contributed by atoms with van der Waals surface area (Å²) >= 11 is 0. The summed E-state index contributed by atoms with van der Waals surface area (Å²) in [6.07, 6.45) is 1.87. The molecule has 0 radical (unpaired) electrons. The molecular formula is C18H23N3O5S. The van der Waals surface area contributed by atoms with Crippen molar-refractivity contribution in [2.24, 2.45) is 5.14 Å². The number of benzene rings is 2. The van der Waals surface area contributed by atoms with Gasteiger partial charge in [-0.2, -0.15) is 0 Å². The summed E-state index contributed by atoms with van der Waals surface area (Å²) in [7, 11) is -4.06. The lowest BCUT2D eigenvalue weighted by molar-refractivity contribution is -0.135. The molecular weight excluding hydrogens is 370 g/mol. The Hall–Kier alpha value is -2.62. The van der Waals surface area contributed by atoms with Gasteiger partial charge in [0.25, 0.3) is 0 Å². The van der Waals surface area contributed by atoms with Crippen molar-refractivity contribution in [3.8, 4) is 11.5 Å². The largest absolute Gasteiger partial charge is 0.454 e. The van der Waals surface area contributed by atoms with Gasteiger partial charge in [0.2, 0.25) is 10.0 Å². The molecule has 0 heterocycles. The highest BCUT2D eigenvalue weighted by Gasteiger charge is 2.21. The fraction of sp³-hybridized carbons (Fsp3) is 0.278. The predicted molar refractivity (Wildman–Crippen MR) is 102 cm³/mol. The molecule has 0 aliphatic rings. The van der Waals surface area contributed by atoms with Crippen molar-refractivity contribution in [3.63, 3.8) is 0 Å². The maximum absolute atomic E-state index is 12.2. The fourth-order valence-electron chi connectivity index (χ4n) is 2.37. The molecule has 146 valence electrons. The summed E-state index contributed by atoms with van der Waals surface area (Å²) in [5.74, 6) is 0.607. The van der Waals surface area contributed by atoms with Crippen LogP contribution in [-0.2, 0) is 26.2 Å². The van der Waals surface area contributed by atoms with Crippen molar-refractivity contribution in [2.45, 2.75) is 31.2 Å². The van der Waals surface area contributed by atoms with E-state index in [9.17, 15) is 13.2 Å². The third kappa shape index (κ3) is 6.24. The van der Waals surface area contributed by atoms with Gasteiger partial charge in [-0.15, -0.1) is 5.48 Å². The number of unbranched alkanes of at least 4 members (excludes halogenated alkanes) is 1. The standard InChI is InChI=1S/C18H23N3O5S/c1-2-3-9-20-16-10-14(12-21-25-13-22)11-17(27(19,23)24)18(16)26-15-7-5-4-6-8-15/h4-8,10-11,13,20-21H,2-3,9,12H2,1H3,(H2,19,23,24). The average Bonchev–Trinajstić information content (AvgIpc) is 2.63. The quantitative estimate of drug-likeness (QED) is 0.305. The monoisotopic (exact) mass is 393 g/mol. The van der Waals surface area contributed by atoms with E-state index in [1.807, 2.05) is 6.07 Å². The molecule has 9 heteroatoms. The highest BCUT2D eigenvalue weighted by Crippen LogP contribution is 2.37. The van der Waals surface area contributed by atoms with Crippen LogP contribution in [0.15, 0.2) is 47.4 Å². The van der Waals surface area contributed by atoms with Crippen LogP contribution in [0.4, 0.5) is 5.69 Å². The Labute approximate surface area is 158 Å². The number of rotatable bonds is 11. The Kier molecular flexibility index (Phi) is 7.59. The van der Waals surface area contributed by atoms with Crippen LogP contribution in [0.5, 0.6) is 11.5 Å². The Morgan fingerprint density at radius 2 is 1.93 bits per heavy atom. The summed E-state index contributed by atoms with van der Waals surface area (Å²) in [5, 5.41) is 8.61. The van der Waals surface area contributed by atoms with Gasteiger partial charge >= 0.3 is 6.47 Å². The van der Waals surface area contributed by atoms with Crippen LogP contribution in [-0.4, -0.2) is 21.4 Å². The van der Waals surface area contributed by atoms with Gasteiger partial charge < -0.3 is 14.9 Å². The Morgan fingerprint density at radius 3 is 2.56 bits per heavy atom. The zero-order chi connectivity index (χ0) is 19.7. The number of para-hydroxylation sites is 1. The molecule has 0 spiro atoms. The minimum absolute atomic E-state index is 0.106. The van der Waals surface area contributed by atoms with Crippen LogP contribution in [0.25, 0.3) is 0 Å². The van der Waals surface area contributed by atoms with Gasteiger partial charge in [0.05, 0.1) is 12.2 Å². The number of nitrogens with two attached hydrogens (primary N) is 1. The molecule has 2 aromatic rings. The van der Waals surface area contributed by atoms with Gasteiger partial charge in [-0.25, -0.2) is 13.6 Å². The molecule has 0 aromatic heterocycles. The maximum Gasteiger partial charge on any atom is 0.312 e. The minimum Gasteiger partial charge on any atom is -0.454 e. The van der Waals surface area contributed by atoms with Crippen LogP contribution in [0.2, 0.25) is 0 Å². The van der Waals surface area contributed by atoms with E-state index < -0.39 is 10.0 Å². The third-order valence-corrected chi connectivity index (χ3v) is 4.55. The van der Waals surface area contributed by atoms with Gasteiger partial charge in [0.15, 0.2) is 5.75 Å². The van der Waals surface area contributed by atoms with Crippen molar-refractivity contribution in [1.82, 2.24) is 5.48 Å². The fourth-order valence-corrected chi connectivity index (χ4v) is 3.10. The molecule has 4 N–H and O–H groups in total. The minimum atomic E-state index is -4.06. The third-order valence-electron chi connectivity index (χ3n) is 3.64. The molecule has 0 amide bonds. The van der Waals surface area contributed by atoms with Crippen LogP contribution in [0.1, 0.15) is 25.3 Å². The predicted octanol–water partition coefficient (Wildman–Crippen LogP) is 2.52. The number of carbonyl (C=O) groups is 1. The van der Waals surface area contributed by atoms with E-state index in [2.05, 4.69) is 22.6 Å². The first kappa shape index (κ1) is 20.7. The van der Waals surface area contributed by atoms with Crippen LogP contribution in [0, 0.1) is 0 Å². The second-order valence-corrected chi connectivity index (χ2v) is 7.28. The van der Waals surface area contributed by atoms with Crippen molar-refractivity contribution in [3.05, 3.63) is 48.0 Å². The summed E-state index contributed by atoms with van der Waals surface area (Å²) < 4.78 is 30.2. The molecule has 8 nitrogen and oxygen atoms in total. The zero-order valence-corrected chi connectivity index (χ0v) is 15.8. The topological polar surface area (TPSA) is 120 Å². The lowest BCUT2D eigenvalue weighted by atomic mass is 10.1. The first-order valence-electron chi connectivity index (χ1n) is 8.44. The van der Waals surface area contributed by atoms with Crippen LogP contribution >= 0.6 is 0 Å². The second-order valence-electron chi connectivity index (χ2n) is 5.75. The number of anilines is 1. The Bertz CT molecular complexity index is 857. The van der Waals surface area contributed by atoms with E-state index in [-0.39, 0.29) is 23.7 Å². The number of hydroxylamine groups is 1. The molecule has 0 bridgehead atoms. The van der Waals surface area contributed by atoms with Gasteiger partial charge in [-0.3, -0.25) is 4.79 Å². The summed E-state index contributed by atoms with van der Waals surface area (Å²) in [5.41, 5.74) is 3.46. The number of primary sulfonamides is 1. The van der Waals surface area contributed by atoms with Gasteiger partial charge in [0.1, 0.15) is 10.6 Å². The van der Waals surface area contributed by atoms with E-state index >= 15 is 0 Å². The molecule has 0 aliphatic heterocycles. The number of sulfonamides is 1. The molecule has 0 saturated carbocycles. The molecule has 0 aliphatic carbocycles. The molecule has 2 rings (SSSR count). The van der Waals surface area contributed by atoms with Crippen molar-refractivity contribution < 1.29 is 22.8 Å². The highest BCUT2D eigenvalue weighted by molar-refractivity contribution is 7.89. The van der Waals surface area contributed by atoms with Gasteiger partial charge in [-0.05, 0) is 36.2 Å². The molecule has 0 atom stereocenters. The SMILES string of the molecule is CCCCNc1cc(CNOC=O)cc(S(N)(=O)=O)c1Oc1ccccc1. The number of nitrogens with one attached hydrogen (secondary N) is 2. The lowest BCUT2D eigenvalue weighted by Crippen LogP contribution is -2.17. The maximum atomic E-state index is 12.2. The smallest absolute Gasteiger partial charge is 0.312 e.